The molecule has 2 aromatic rings. The average molecular weight is 348 g/mol. The van der Waals surface area contributed by atoms with Gasteiger partial charge in [0.15, 0.2) is 6.33 Å². The van der Waals surface area contributed by atoms with E-state index in [2.05, 4.69) is 15.9 Å². The van der Waals surface area contributed by atoms with Crippen molar-refractivity contribution in [3.8, 4) is 12.3 Å². The predicted molar refractivity (Wildman–Crippen MR) is 89.4 cm³/mol. The maximum Gasteiger partial charge on any atom is 0.313 e. The zero-order chi connectivity index (χ0) is 18.1. The van der Waals surface area contributed by atoms with Gasteiger partial charge in [0.25, 0.3) is 11.5 Å². The molecule has 0 amide bonds. The van der Waals surface area contributed by atoms with Crippen LogP contribution in [-0.4, -0.2) is 45.6 Å². The number of hydrogen-bond acceptors (Lipinski definition) is 6. The highest BCUT2D eigenvalue weighted by molar-refractivity contribution is 5.67. The molecule has 1 saturated heterocycles. The quantitative estimate of drug-likeness (QED) is 0.479. The van der Waals surface area contributed by atoms with Gasteiger partial charge in [-0.1, -0.05) is 10.9 Å². The van der Waals surface area contributed by atoms with Crippen molar-refractivity contribution in [2.24, 2.45) is 5.92 Å². The number of aromatic amines is 1. The van der Waals surface area contributed by atoms with E-state index in [1.165, 1.54) is 0 Å². The number of fused-ring (bicyclic) bond motifs is 1. The number of methoxy groups -OCH3 is 1. The van der Waals surface area contributed by atoms with Gasteiger partial charge in [0.2, 0.25) is 11.7 Å². The third kappa shape index (κ3) is 3.00. The van der Waals surface area contributed by atoms with Gasteiger partial charge < -0.3 is 20.3 Å². The predicted octanol–water partition coefficient (Wildman–Crippen LogP) is -0.842. The van der Waals surface area contributed by atoms with Crippen LogP contribution in [-0.2, 0) is 16.0 Å². The van der Waals surface area contributed by atoms with E-state index in [-0.39, 0.29) is 30.0 Å². The third-order valence-electron chi connectivity index (χ3n) is 4.57. The molecule has 3 heterocycles. The van der Waals surface area contributed by atoms with Gasteiger partial charge in [-0.05, 0) is 13.3 Å². The van der Waals surface area contributed by atoms with E-state index in [1.807, 2.05) is 6.92 Å². The molecule has 1 fully saturated rings. The maximum absolute atomic E-state index is 12.3. The van der Waals surface area contributed by atoms with Gasteiger partial charge in [-0.15, -0.1) is 6.42 Å². The molecule has 1 aliphatic rings. The van der Waals surface area contributed by atoms with Crippen LogP contribution in [0.25, 0.3) is 11.2 Å². The monoisotopic (exact) mass is 348 g/mol. The van der Waals surface area contributed by atoms with Crippen LogP contribution in [0.1, 0.15) is 19.6 Å². The Balaban J connectivity index is 2.07. The van der Waals surface area contributed by atoms with E-state index < -0.39 is 17.9 Å². The maximum atomic E-state index is 12.3. The summed E-state index contributed by atoms with van der Waals surface area (Å²) >= 11 is 0. The number of aliphatic hydroxyl groups excluding tert-OH is 1. The molecule has 134 valence electrons. The lowest BCUT2D eigenvalue weighted by Gasteiger charge is -2.16. The number of nitrogens with two attached hydrogens (primary N) is 1. The molecule has 0 aromatic carbocycles. The number of ether oxygens (including phenoxy) is 2. The fourth-order valence-electron chi connectivity index (χ4n) is 3.36. The lowest BCUT2D eigenvalue weighted by atomic mass is 9.95. The van der Waals surface area contributed by atoms with Gasteiger partial charge >= 0.3 is 5.65 Å². The first-order valence-electron chi connectivity index (χ1n) is 8.03. The van der Waals surface area contributed by atoms with Crippen LogP contribution >= 0.6 is 0 Å². The summed E-state index contributed by atoms with van der Waals surface area (Å²) < 4.78 is 14.3. The molecule has 0 radical (unpaired) electrons. The van der Waals surface area contributed by atoms with E-state index in [9.17, 15) is 9.90 Å². The second-order valence-corrected chi connectivity index (χ2v) is 6.15. The number of aliphatic hydroxyl groups is 1. The zero-order valence-electron chi connectivity index (χ0n) is 14.2. The summed E-state index contributed by atoms with van der Waals surface area (Å²) in [6.45, 7) is 2.61. The number of aromatic nitrogens is 4. The minimum atomic E-state index is -0.776. The Morgan fingerprint density at radius 2 is 2.40 bits per heavy atom. The van der Waals surface area contributed by atoms with Crippen molar-refractivity contribution in [3.05, 3.63) is 16.7 Å². The number of nitrogen functional groups attached to an aromatic ring is 1. The first-order chi connectivity index (χ1) is 12.0. The lowest BCUT2D eigenvalue weighted by Crippen LogP contribution is -2.45. The van der Waals surface area contributed by atoms with Gasteiger partial charge in [-0.25, -0.2) is 9.13 Å². The van der Waals surface area contributed by atoms with Gasteiger partial charge in [0.1, 0.15) is 12.6 Å². The molecular formula is C16H22N5O4+. The van der Waals surface area contributed by atoms with Gasteiger partial charge in [0, 0.05) is 19.6 Å². The van der Waals surface area contributed by atoms with E-state index in [0.29, 0.717) is 18.7 Å². The number of anilines is 1. The molecular weight excluding hydrogens is 326 g/mol. The molecule has 25 heavy (non-hydrogen) atoms. The van der Waals surface area contributed by atoms with Gasteiger partial charge in [-0.3, -0.25) is 9.78 Å². The molecule has 1 aliphatic heterocycles. The molecule has 9 heteroatoms. The largest absolute Gasteiger partial charge is 0.386 e. The summed E-state index contributed by atoms with van der Waals surface area (Å²) in [5.74, 6) is 2.39. The van der Waals surface area contributed by atoms with E-state index in [0.717, 1.165) is 0 Å². The highest BCUT2D eigenvalue weighted by Gasteiger charge is 2.45. The highest BCUT2D eigenvalue weighted by atomic mass is 16.5. The van der Waals surface area contributed by atoms with Crippen molar-refractivity contribution < 1.29 is 19.1 Å². The third-order valence-corrected chi connectivity index (χ3v) is 4.57. The number of rotatable bonds is 5. The number of nitrogens with zero attached hydrogens (tertiary/aromatic N) is 3. The first-order valence-corrected chi connectivity index (χ1v) is 8.03. The summed E-state index contributed by atoms with van der Waals surface area (Å²) in [7, 11) is 1.62. The Hall–Kier alpha value is -2.41. The van der Waals surface area contributed by atoms with Crippen molar-refractivity contribution in [2.45, 2.75) is 38.3 Å². The van der Waals surface area contributed by atoms with Crippen LogP contribution in [0.15, 0.2) is 11.1 Å². The first kappa shape index (κ1) is 17.4. The van der Waals surface area contributed by atoms with Crippen LogP contribution in [0.5, 0.6) is 0 Å². The summed E-state index contributed by atoms with van der Waals surface area (Å²) in [5, 5.41) is 10.7. The molecule has 4 atom stereocenters. The van der Waals surface area contributed by atoms with Crippen LogP contribution < -0.4 is 15.9 Å². The van der Waals surface area contributed by atoms with Crippen molar-refractivity contribution in [3.63, 3.8) is 0 Å². The summed E-state index contributed by atoms with van der Waals surface area (Å²) in [4.78, 5) is 18.9. The molecule has 3 rings (SSSR count). The lowest BCUT2D eigenvalue weighted by molar-refractivity contribution is -0.745. The van der Waals surface area contributed by atoms with E-state index >= 15 is 0 Å². The Morgan fingerprint density at radius 3 is 3.08 bits per heavy atom. The number of imidazole rings is 1. The molecule has 9 nitrogen and oxygen atoms in total. The number of nitrogens with one attached hydrogen (secondary N) is 1. The van der Waals surface area contributed by atoms with Gasteiger partial charge in [0.05, 0.1) is 6.10 Å². The van der Waals surface area contributed by atoms with Gasteiger partial charge in [-0.2, -0.15) is 0 Å². The standard InChI is InChI=1S/C16H21N5O4/c1-4-6-20-8-21(13-11(20)14(23)19-16(17)18-13)15-12(22)10(5-7-24-3)9(2)25-15/h1,8-10,12,15,22H,5-7H2,2-3H3,(H2-,17,18,19,23)/p+1/t9-,10-,12-,15?/m1/s1. The Kier molecular flexibility index (Phi) is 4.76. The SMILES string of the molecule is C#CCn1c[n+](C2O[C@H](C)[C@@H](CCOC)[C@H]2O)c2nc(N)[nH]c(=O)c21. The minimum Gasteiger partial charge on any atom is -0.386 e. The molecule has 4 N–H and O–H groups in total. The second kappa shape index (κ2) is 6.84. The van der Waals surface area contributed by atoms with Crippen LogP contribution in [0.4, 0.5) is 5.95 Å². The topological polar surface area (TPSA) is 119 Å². The number of hydrogen-bond donors (Lipinski definition) is 3. The minimum absolute atomic E-state index is 0.0128. The van der Waals surface area contributed by atoms with Crippen LogP contribution in [0, 0.1) is 18.3 Å². The molecule has 0 aliphatic carbocycles. The summed E-state index contributed by atoms with van der Waals surface area (Å²) in [6.07, 6.45) is 6.04. The van der Waals surface area contributed by atoms with E-state index in [1.54, 1.807) is 22.6 Å². The Bertz CT molecular complexity index is 868. The summed E-state index contributed by atoms with van der Waals surface area (Å²) in [5.41, 5.74) is 5.89. The smallest absolute Gasteiger partial charge is 0.313 e. The van der Waals surface area contributed by atoms with Crippen molar-refractivity contribution in [1.29, 1.82) is 0 Å². The number of terminal acetylenes is 1. The Labute approximate surface area is 144 Å². The van der Waals surface area contributed by atoms with Crippen LogP contribution in [0.3, 0.4) is 0 Å². The number of H-pyrrole nitrogens is 1. The van der Waals surface area contributed by atoms with Crippen LogP contribution in [0.2, 0.25) is 0 Å². The van der Waals surface area contributed by atoms with E-state index in [4.69, 9.17) is 21.6 Å². The van der Waals surface area contributed by atoms with Crippen molar-refractivity contribution >= 4 is 17.1 Å². The normalized spacial score (nSPS) is 26.2. The zero-order valence-corrected chi connectivity index (χ0v) is 14.2. The average Bonchev–Trinajstić information content (AvgIpc) is 3.04. The second-order valence-electron chi connectivity index (χ2n) is 6.15. The highest BCUT2D eigenvalue weighted by Crippen LogP contribution is 2.33. The van der Waals surface area contributed by atoms with Crippen molar-refractivity contribution in [1.82, 2.24) is 14.5 Å². The summed E-state index contributed by atoms with van der Waals surface area (Å²) in [6, 6.07) is 0. The molecule has 0 spiro atoms. The molecule has 1 unspecified atom stereocenters. The molecule has 0 bridgehead atoms. The van der Waals surface area contributed by atoms with Crippen molar-refractivity contribution in [2.75, 3.05) is 19.5 Å². The Morgan fingerprint density at radius 1 is 1.64 bits per heavy atom. The fourth-order valence-corrected chi connectivity index (χ4v) is 3.36. The molecule has 2 aromatic heterocycles. The fraction of sp³-hybridized carbons (Fsp3) is 0.562. The molecule has 0 saturated carbocycles.